The number of carbonyl (C=O) groups is 1. The fourth-order valence-electron chi connectivity index (χ4n) is 3.46. The smallest absolute Gasteiger partial charge is 0.262 e. The number of aryl methyl sites for hydroxylation is 2. The molecule has 3 aromatic carbocycles. The number of carbonyl (C=O) groups excluding carboxylic acids is 1. The number of nitrogens with one attached hydrogen (secondary N) is 2. The van der Waals surface area contributed by atoms with Crippen molar-refractivity contribution in [2.75, 3.05) is 11.0 Å². The molecule has 1 atom stereocenters. The Morgan fingerprint density at radius 3 is 2.12 bits per heavy atom. The predicted octanol–water partition coefficient (Wildman–Crippen LogP) is 4.31. The number of amides is 1. The fourth-order valence-corrected chi connectivity index (χ4v) is 5.48. The first kappa shape index (κ1) is 25.5. The molecule has 0 aliphatic heterocycles. The predicted molar refractivity (Wildman–Crippen MR) is 133 cm³/mol. The SMILES string of the molecule is Cc1ccc(C(=O)NC(C)c2ccc(S(C)(=O)=O)cc2)cc1S(=O)(=O)Nc1cccc(C)c1C. The molecule has 0 spiro atoms. The molecule has 0 aliphatic rings. The summed E-state index contributed by atoms with van der Waals surface area (Å²) in [5.41, 5.74) is 3.71. The van der Waals surface area contributed by atoms with Gasteiger partial charge in [0.25, 0.3) is 15.9 Å². The van der Waals surface area contributed by atoms with Gasteiger partial charge in [-0.1, -0.05) is 30.3 Å². The molecule has 9 heteroatoms. The minimum absolute atomic E-state index is 0.0196. The highest BCUT2D eigenvalue weighted by atomic mass is 32.2. The molecule has 0 heterocycles. The summed E-state index contributed by atoms with van der Waals surface area (Å²) in [6.45, 7) is 7.18. The van der Waals surface area contributed by atoms with E-state index in [1.54, 1.807) is 50.2 Å². The molecule has 0 aliphatic carbocycles. The van der Waals surface area contributed by atoms with Gasteiger partial charge in [0.05, 0.1) is 21.5 Å². The fraction of sp³-hybridized carbons (Fsp3) is 0.240. The maximum Gasteiger partial charge on any atom is 0.262 e. The van der Waals surface area contributed by atoms with Crippen LogP contribution in [0.15, 0.2) is 70.5 Å². The van der Waals surface area contributed by atoms with Crippen LogP contribution in [0.3, 0.4) is 0 Å². The Bertz CT molecular complexity index is 1450. The molecule has 0 saturated heterocycles. The minimum atomic E-state index is -3.93. The average Bonchev–Trinajstić information content (AvgIpc) is 2.76. The highest BCUT2D eigenvalue weighted by Gasteiger charge is 2.21. The maximum atomic E-state index is 13.1. The van der Waals surface area contributed by atoms with Crippen molar-refractivity contribution < 1.29 is 21.6 Å². The van der Waals surface area contributed by atoms with Gasteiger partial charge in [0.1, 0.15) is 0 Å². The molecule has 1 amide bonds. The normalized spacial score (nSPS) is 12.7. The molecule has 180 valence electrons. The first-order valence-corrected chi connectivity index (χ1v) is 14.0. The summed E-state index contributed by atoms with van der Waals surface area (Å²) in [7, 11) is -7.24. The molecule has 0 radical (unpaired) electrons. The second-order valence-electron chi connectivity index (χ2n) is 8.37. The van der Waals surface area contributed by atoms with Crippen LogP contribution in [0.25, 0.3) is 0 Å². The number of benzene rings is 3. The Labute approximate surface area is 201 Å². The number of sulfone groups is 1. The second-order valence-corrected chi connectivity index (χ2v) is 12.0. The topological polar surface area (TPSA) is 109 Å². The van der Waals surface area contributed by atoms with E-state index in [9.17, 15) is 21.6 Å². The van der Waals surface area contributed by atoms with E-state index in [0.717, 1.165) is 22.9 Å². The third-order valence-corrected chi connectivity index (χ3v) is 8.38. The standard InChI is InChI=1S/C25H28N2O5S2/c1-16-7-6-8-23(18(16)3)27-34(31,32)24-15-21(10-9-17(24)2)25(28)26-19(4)20-11-13-22(14-12-20)33(5,29)30/h6-15,19,27H,1-5H3,(H,26,28). The Balaban J connectivity index is 1.83. The number of rotatable bonds is 7. The van der Waals surface area contributed by atoms with Crippen molar-refractivity contribution in [2.45, 2.75) is 43.5 Å². The van der Waals surface area contributed by atoms with Gasteiger partial charge in [-0.2, -0.15) is 0 Å². The van der Waals surface area contributed by atoms with Gasteiger partial charge >= 0.3 is 0 Å². The number of hydrogen-bond acceptors (Lipinski definition) is 5. The van der Waals surface area contributed by atoms with Crippen LogP contribution < -0.4 is 10.0 Å². The van der Waals surface area contributed by atoms with Crippen LogP contribution in [0.4, 0.5) is 5.69 Å². The van der Waals surface area contributed by atoms with E-state index in [1.807, 2.05) is 19.9 Å². The third kappa shape index (κ3) is 5.66. The molecule has 0 saturated carbocycles. The lowest BCUT2D eigenvalue weighted by molar-refractivity contribution is 0.0939. The Kier molecular flexibility index (Phi) is 7.18. The summed E-state index contributed by atoms with van der Waals surface area (Å²) in [6, 6.07) is 15.7. The van der Waals surface area contributed by atoms with Crippen molar-refractivity contribution in [3.05, 3.63) is 88.5 Å². The van der Waals surface area contributed by atoms with Gasteiger partial charge < -0.3 is 5.32 Å². The van der Waals surface area contributed by atoms with Gasteiger partial charge in [-0.15, -0.1) is 0 Å². The molecule has 34 heavy (non-hydrogen) atoms. The van der Waals surface area contributed by atoms with Crippen molar-refractivity contribution in [1.29, 1.82) is 0 Å². The van der Waals surface area contributed by atoms with Crippen LogP contribution in [-0.4, -0.2) is 29.0 Å². The van der Waals surface area contributed by atoms with Crippen LogP contribution in [-0.2, 0) is 19.9 Å². The van der Waals surface area contributed by atoms with Crippen molar-refractivity contribution in [2.24, 2.45) is 0 Å². The van der Waals surface area contributed by atoms with Crippen molar-refractivity contribution >= 4 is 31.5 Å². The van der Waals surface area contributed by atoms with E-state index in [-0.39, 0.29) is 15.4 Å². The van der Waals surface area contributed by atoms with Crippen molar-refractivity contribution in [3.63, 3.8) is 0 Å². The number of sulfonamides is 1. The van der Waals surface area contributed by atoms with Gasteiger partial charge in [-0.3, -0.25) is 9.52 Å². The highest BCUT2D eigenvalue weighted by Crippen LogP contribution is 2.25. The lowest BCUT2D eigenvalue weighted by atomic mass is 10.1. The van der Waals surface area contributed by atoms with Crippen LogP contribution in [0.2, 0.25) is 0 Å². The highest BCUT2D eigenvalue weighted by molar-refractivity contribution is 7.92. The lowest BCUT2D eigenvalue weighted by Crippen LogP contribution is -2.27. The molecular formula is C25H28N2O5S2. The van der Waals surface area contributed by atoms with E-state index in [4.69, 9.17) is 0 Å². The molecule has 2 N–H and O–H groups in total. The number of hydrogen-bond donors (Lipinski definition) is 2. The molecule has 0 aromatic heterocycles. The first-order valence-electron chi connectivity index (χ1n) is 10.6. The first-order chi connectivity index (χ1) is 15.8. The summed E-state index contributed by atoms with van der Waals surface area (Å²) >= 11 is 0. The van der Waals surface area contributed by atoms with Crippen LogP contribution in [0, 0.1) is 20.8 Å². The molecule has 0 bridgehead atoms. The maximum absolute atomic E-state index is 13.1. The van der Waals surface area contributed by atoms with Gasteiger partial charge in [-0.05, 0) is 80.3 Å². The average molecular weight is 501 g/mol. The molecule has 3 aromatic rings. The van der Waals surface area contributed by atoms with Crippen molar-refractivity contribution in [1.82, 2.24) is 5.32 Å². The minimum Gasteiger partial charge on any atom is -0.346 e. The monoisotopic (exact) mass is 500 g/mol. The summed E-state index contributed by atoms with van der Waals surface area (Å²) in [6.07, 6.45) is 1.13. The molecule has 1 unspecified atom stereocenters. The quantitative estimate of drug-likeness (QED) is 0.503. The third-order valence-electron chi connectivity index (χ3n) is 5.74. The molecule has 0 fully saturated rings. The van der Waals surface area contributed by atoms with Gasteiger partial charge in [0, 0.05) is 11.8 Å². The summed E-state index contributed by atoms with van der Waals surface area (Å²) in [5.74, 6) is -0.442. The Hall–Kier alpha value is -3.17. The van der Waals surface area contributed by atoms with Gasteiger partial charge in [0.15, 0.2) is 9.84 Å². The lowest BCUT2D eigenvalue weighted by Gasteiger charge is -2.17. The molecule has 3 rings (SSSR count). The van der Waals surface area contributed by atoms with E-state index < -0.39 is 31.8 Å². The van der Waals surface area contributed by atoms with Crippen molar-refractivity contribution in [3.8, 4) is 0 Å². The summed E-state index contributed by atoms with van der Waals surface area (Å²) in [5, 5.41) is 2.83. The number of anilines is 1. The zero-order valence-corrected chi connectivity index (χ0v) is 21.3. The summed E-state index contributed by atoms with van der Waals surface area (Å²) < 4.78 is 52.2. The Morgan fingerprint density at radius 2 is 1.50 bits per heavy atom. The van der Waals surface area contributed by atoms with Crippen LogP contribution >= 0.6 is 0 Å². The zero-order valence-electron chi connectivity index (χ0n) is 19.7. The van der Waals surface area contributed by atoms with Gasteiger partial charge in [-0.25, -0.2) is 16.8 Å². The van der Waals surface area contributed by atoms with Gasteiger partial charge in [0.2, 0.25) is 0 Å². The van der Waals surface area contributed by atoms with E-state index in [0.29, 0.717) is 11.3 Å². The van der Waals surface area contributed by atoms with Crippen LogP contribution in [0.5, 0.6) is 0 Å². The van der Waals surface area contributed by atoms with E-state index >= 15 is 0 Å². The van der Waals surface area contributed by atoms with Crippen LogP contribution in [0.1, 0.15) is 45.6 Å². The zero-order chi connectivity index (χ0) is 25.3. The second kappa shape index (κ2) is 9.60. The molecular weight excluding hydrogens is 472 g/mol. The van der Waals surface area contributed by atoms with E-state index in [2.05, 4.69) is 10.0 Å². The molecule has 7 nitrogen and oxygen atoms in total. The Morgan fingerprint density at radius 1 is 0.853 bits per heavy atom. The van der Waals surface area contributed by atoms with E-state index in [1.165, 1.54) is 18.2 Å². The summed E-state index contributed by atoms with van der Waals surface area (Å²) in [4.78, 5) is 13.1. The largest absolute Gasteiger partial charge is 0.346 e.